The third kappa shape index (κ3) is 6.13. The standard InChI is InChI=1S/C33H46N2O11/c1-4-8-29-45-26-16-23-22-11-10-20-15-21(36)12-13-31(20,2)30(22)24(37)17-32(23,3)33(26,46-29)25(38)19-43-28(40)18-34-27(39)9-6-5-7-14-44-35(41)42/h10,12-13,22-24,26,29-30,37H,4-9,11,14-19H2,1-3H3,(H,34,39)/t22-,23-,24-,26+,29?,30+,31-,32-,33+/m0/s1. The van der Waals surface area contributed by atoms with Crippen LogP contribution in [0, 0.1) is 38.7 Å². The first-order valence-corrected chi connectivity index (χ1v) is 16.5. The number of rotatable bonds is 14. The number of nitrogens with one attached hydrogen (secondary N) is 1. The number of amides is 1. The second-order valence-electron chi connectivity index (χ2n) is 13.9. The highest BCUT2D eigenvalue weighted by molar-refractivity contribution is 5.94. The lowest BCUT2D eigenvalue weighted by Gasteiger charge is -2.59. The SMILES string of the molecule is CCCC1O[C@@H]2C[C@H]3[C@@H]4CC=C5CC(=O)C=C[C@]5(C)[C@H]4[C@@H](O)C[C@]3(C)[C@]2(C(=O)COC(=O)CNC(=O)CCCCCO[N+](=O)[O-])O1. The molecule has 0 spiro atoms. The highest BCUT2D eigenvalue weighted by Gasteiger charge is 2.75. The number of fused-ring (bicyclic) bond motifs is 7. The van der Waals surface area contributed by atoms with Crippen molar-refractivity contribution in [1.29, 1.82) is 0 Å². The van der Waals surface area contributed by atoms with Crippen LogP contribution < -0.4 is 5.32 Å². The van der Waals surface area contributed by atoms with Gasteiger partial charge in [0.2, 0.25) is 11.7 Å². The minimum Gasteiger partial charge on any atom is -0.456 e. The third-order valence-corrected chi connectivity index (χ3v) is 11.2. The van der Waals surface area contributed by atoms with E-state index in [4.69, 9.17) is 14.2 Å². The summed E-state index contributed by atoms with van der Waals surface area (Å²) >= 11 is 0. The first-order chi connectivity index (χ1) is 21.9. The van der Waals surface area contributed by atoms with Crippen LogP contribution in [0.25, 0.3) is 0 Å². The molecule has 5 aliphatic rings. The quantitative estimate of drug-likeness (QED) is 0.0930. The van der Waals surface area contributed by atoms with E-state index >= 15 is 0 Å². The summed E-state index contributed by atoms with van der Waals surface area (Å²) in [4.78, 5) is 65.5. The fraction of sp³-hybridized carbons (Fsp3) is 0.758. The number of hydrogen-bond acceptors (Lipinski definition) is 11. The van der Waals surface area contributed by atoms with Crippen molar-refractivity contribution in [3.8, 4) is 0 Å². The number of unbranched alkanes of at least 4 members (excludes halogenated alkanes) is 2. The maximum absolute atomic E-state index is 14.2. The summed E-state index contributed by atoms with van der Waals surface area (Å²) in [6, 6.07) is 0. The van der Waals surface area contributed by atoms with Gasteiger partial charge in [-0.15, -0.1) is 10.1 Å². The van der Waals surface area contributed by atoms with Gasteiger partial charge in [-0.2, -0.15) is 0 Å². The molecule has 4 aliphatic carbocycles. The molecule has 0 aromatic rings. The maximum Gasteiger partial charge on any atom is 0.325 e. The molecule has 3 fully saturated rings. The minimum atomic E-state index is -1.41. The molecule has 13 heteroatoms. The van der Waals surface area contributed by atoms with E-state index in [1.807, 2.05) is 19.9 Å². The van der Waals surface area contributed by atoms with E-state index in [-0.39, 0.29) is 42.5 Å². The van der Waals surface area contributed by atoms with Crippen LogP contribution in [0.5, 0.6) is 0 Å². The molecule has 1 amide bonds. The average Bonchev–Trinajstić information content (AvgIpc) is 3.48. The Morgan fingerprint density at radius 2 is 2.00 bits per heavy atom. The number of carbonyl (C=O) groups is 4. The number of esters is 1. The number of ketones is 2. The van der Waals surface area contributed by atoms with Gasteiger partial charge in [0.15, 0.2) is 24.3 Å². The van der Waals surface area contributed by atoms with Crippen molar-refractivity contribution in [2.45, 2.75) is 109 Å². The summed E-state index contributed by atoms with van der Waals surface area (Å²) in [5.41, 5.74) is -1.61. The van der Waals surface area contributed by atoms with Crippen LogP contribution in [-0.2, 0) is 38.2 Å². The molecular formula is C33H46N2O11. The lowest BCUT2D eigenvalue weighted by atomic mass is 9.47. The number of aliphatic hydroxyl groups is 1. The Bertz CT molecular complexity index is 1300. The van der Waals surface area contributed by atoms with Crippen molar-refractivity contribution in [1.82, 2.24) is 5.32 Å². The van der Waals surface area contributed by atoms with Gasteiger partial charge in [0.1, 0.15) is 6.54 Å². The van der Waals surface area contributed by atoms with Crippen LogP contribution >= 0.6 is 0 Å². The Morgan fingerprint density at radius 1 is 1.22 bits per heavy atom. The zero-order valence-electron chi connectivity index (χ0n) is 26.9. The van der Waals surface area contributed by atoms with E-state index in [9.17, 15) is 34.4 Å². The van der Waals surface area contributed by atoms with Gasteiger partial charge in [-0.25, -0.2) is 0 Å². The molecule has 9 atom stereocenters. The molecule has 0 radical (unpaired) electrons. The Kier molecular flexibility index (Phi) is 10.0. The molecular weight excluding hydrogens is 600 g/mol. The lowest BCUT2D eigenvalue weighted by Crippen LogP contribution is -2.63. The van der Waals surface area contributed by atoms with E-state index in [1.54, 1.807) is 6.08 Å². The van der Waals surface area contributed by atoms with Crippen molar-refractivity contribution in [2.24, 2.45) is 28.6 Å². The third-order valence-electron chi connectivity index (χ3n) is 11.2. The highest BCUT2D eigenvalue weighted by atomic mass is 16.9. The molecule has 0 bridgehead atoms. The Morgan fingerprint density at radius 3 is 2.74 bits per heavy atom. The molecule has 2 saturated carbocycles. The van der Waals surface area contributed by atoms with Gasteiger partial charge in [0.05, 0.1) is 18.8 Å². The van der Waals surface area contributed by atoms with Gasteiger partial charge in [-0.1, -0.05) is 51.3 Å². The van der Waals surface area contributed by atoms with Crippen LogP contribution in [0.1, 0.15) is 85.0 Å². The van der Waals surface area contributed by atoms with Gasteiger partial charge in [-0.3, -0.25) is 19.2 Å². The van der Waals surface area contributed by atoms with Crippen molar-refractivity contribution in [3.05, 3.63) is 33.9 Å². The predicted molar refractivity (Wildman–Crippen MR) is 161 cm³/mol. The van der Waals surface area contributed by atoms with Crippen molar-refractivity contribution in [2.75, 3.05) is 19.8 Å². The molecule has 1 unspecified atom stereocenters. The van der Waals surface area contributed by atoms with Crippen molar-refractivity contribution < 1.29 is 48.4 Å². The highest BCUT2D eigenvalue weighted by Crippen LogP contribution is 2.69. The first kappa shape index (κ1) is 34.2. The van der Waals surface area contributed by atoms with Gasteiger partial charge >= 0.3 is 5.97 Å². The fourth-order valence-electron chi connectivity index (χ4n) is 9.18. The Labute approximate surface area is 268 Å². The number of allylic oxidation sites excluding steroid dienone is 4. The molecule has 1 heterocycles. The van der Waals surface area contributed by atoms with E-state index in [0.717, 1.165) is 12.0 Å². The number of aliphatic hydroxyl groups excluding tert-OH is 1. The molecule has 1 saturated heterocycles. The van der Waals surface area contributed by atoms with Crippen LogP contribution in [0.4, 0.5) is 0 Å². The van der Waals surface area contributed by atoms with E-state index in [1.165, 1.54) is 0 Å². The topological polar surface area (TPSA) is 181 Å². The summed E-state index contributed by atoms with van der Waals surface area (Å²) in [6.07, 6.45) is 8.69. The minimum absolute atomic E-state index is 0.0146. The maximum atomic E-state index is 14.2. The normalized spacial score (nSPS) is 37.3. The molecule has 0 aromatic heterocycles. The zero-order chi connectivity index (χ0) is 33.3. The molecule has 46 heavy (non-hydrogen) atoms. The van der Waals surface area contributed by atoms with Gasteiger partial charge in [0.25, 0.3) is 5.09 Å². The molecule has 5 rings (SSSR count). The Balaban J connectivity index is 1.24. The summed E-state index contributed by atoms with van der Waals surface area (Å²) in [5, 5.41) is 23.6. The van der Waals surface area contributed by atoms with E-state index < -0.39 is 64.9 Å². The molecule has 13 nitrogen and oxygen atoms in total. The lowest BCUT2D eigenvalue weighted by molar-refractivity contribution is -0.757. The van der Waals surface area contributed by atoms with Gasteiger partial charge in [0, 0.05) is 29.6 Å². The smallest absolute Gasteiger partial charge is 0.325 e. The summed E-state index contributed by atoms with van der Waals surface area (Å²) in [5.74, 6) is -1.59. The molecule has 0 aromatic carbocycles. The summed E-state index contributed by atoms with van der Waals surface area (Å²) in [7, 11) is 0. The monoisotopic (exact) mass is 646 g/mol. The second-order valence-corrected chi connectivity index (χ2v) is 13.9. The molecule has 254 valence electrons. The number of ether oxygens (including phenoxy) is 3. The van der Waals surface area contributed by atoms with E-state index in [0.29, 0.717) is 51.4 Å². The first-order valence-electron chi connectivity index (χ1n) is 16.5. The van der Waals surface area contributed by atoms with Crippen LogP contribution in [0.15, 0.2) is 23.8 Å². The summed E-state index contributed by atoms with van der Waals surface area (Å²) < 4.78 is 18.3. The molecule has 1 aliphatic heterocycles. The number of carbonyl (C=O) groups excluding carboxylic acids is 4. The van der Waals surface area contributed by atoms with Crippen LogP contribution in [0.3, 0.4) is 0 Å². The molecule has 2 N–H and O–H groups in total. The zero-order valence-corrected chi connectivity index (χ0v) is 26.9. The van der Waals surface area contributed by atoms with Gasteiger partial charge < -0.3 is 29.5 Å². The van der Waals surface area contributed by atoms with Crippen LogP contribution in [0.2, 0.25) is 0 Å². The number of Topliss-reactive ketones (excluding diaryl/α,β-unsaturated/α-hetero) is 1. The Hall–Kier alpha value is -3.16. The largest absolute Gasteiger partial charge is 0.456 e. The van der Waals surface area contributed by atoms with Crippen molar-refractivity contribution in [3.63, 3.8) is 0 Å². The predicted octanol–water partition coefficient (Wildman–Crippen LogP) is 3.15. The van der Waals surface area contributed by atoms with E-state index in [2.05, 4.69) is 23.2 Å². The van der Waals surface area contributed by atoms with Crippen LogP contribution in [-0.4, -0.2) is 77.5 Å². The summed E-state index contributed by atoms with van der Waals surface area (Å²) in [6.45, 7) is 5.10. The van der Waals surface area contributed by atoms with Crippen molar-refractivity contribution >= 4 is 23.4 Å². The fourth-order valence-corrected chi connectivity index (χ4v) is 9.18. The number of hydrogen-bond donors (Lipinski definition) is 2. The second kappa shape index (κ2) is 13.5. The van der Waals surface area contributed by atoms with Gasteiger partial charge in [-0.05, 0) is 56.4 Å². The number of nitrogens with zero attached hydrogens (tertiary/aromatic N) is 1. The average molecular weight is 647 g/mol.